The van der Waals surface area contributed by atoms with E-state index in [9.17, 15) is 4.79 Å². The monoisotopic (exact) mass is 280 g/mol. The Balaban J connectivity index is 1.80. The van der Waals surface area contributed by atoms with Gasteiger partial charge in [0.1, 0.15) is 5.65 Å². The number of nitrogens with two attached hydrogens (primary N) is 1. The van der Waals surface area contributed by atoms with Crippen LogP contribution in [0.15, 0.2) is 42.7 Å². The molecule has 0 radical (unpaired) electrons. The second-order valence-electron chi connectivity index (χ2n) is 4.96. The number of fused-ring (bicyclic) bond motifs is 1. The molecule has 0 saturated heterocycles. The van der Waals surface area contributed by atoms with Gasteiger partial charge in [-0.1, -0.05) is 0 Å². The van der Waals surface area contributed by atoms with Gasteiger partial charge in [0.05, 0.1) is 0 Å². The van der Waals surface area contributed by atoms with E-state index in [0.29, 0.717) is 12.1 Å². The summed E-state index contributed by atoms with van der Waals surface area (Å²) in [7, 11) is 0. The molecule has 0 aliphatic carbocycles. The Bertz CT molecular complexity index is 807. The van der Waals surface area contributed by atoms with E-state index in [0.717, 1.165) is 27.8 Å². The zero-order chi connectivity index (χ0) is 14.8. The van der Waals surface area contributed by atoms with E-state index >= 15 is 0 Å². The number of rotatable bonds is 4. The third-order valence-corrected chi connectivity index (χ3v) is 3.52. The number of hydrogen-bond acceptors (Lipinski definition) is 3. The molecule has 21 heavy (non-hydrogen) atoms. The smallest absolute Gasteiger partial charge is 0.248 e. The van der Waals surface area contributed by atoms with E-state index in [1.807, 2.05) is 31.3 Å². The van der Waals surface area contributed by atoms with Crippen molar-refractivity contribution in [3.05, 3.63) is 59.4 Å². The fraction of sp³-hybridized carbons (Fsp3) is 0.125. The fourth-order valence-electron chi connectivity index (χ4n) is 2.36. The van der Waals surface area contributed by atoms with E-state index in [2.05, 4.69) is 15.3 Å². The third-order valence-electron chi connectivity index (χ3n) is 3.52. The SMILES string of the molecule is Cc1cc(C(N)=O)ccc1NCc1c[nH]c2ncccc12. The number of H-pyrrole nitrogens is 1. The average Bonchev–Trinajstić information content (AvgIpc) is 2.89. The lowest BCUT2D eigenvalue weighted by Crippen LogP contribution is -2.11. The Morgan fingerprint density at radius 3 is 3.00 bits per heavy atom. The molecule has 4 N–H and O–H groups in total. The summed E-state index contributed by atoms with van der Waals surface area (Å²) in [5.74, 6) is -0.410. The van der Waals surface area contributed by atoms with Gasteiger partial charge in [-0.2, -0.15) is 0 Å². The summed E-state index contributed by atoms with van der Waals surface area (Å²) in [5.41, 5.74) is 9.81. The van der Waals surface area contributed by atoms with Gasteiger partial charge in [-0.05, 0) is 48.4 Å². The molecule has 2 heterocycles. The normalized spacial score (nSPS) is 10.7. The molecule has 1 aromatic carbocycles. The third kappa shape index (κ3) is 2.58. The molecule has 0 aliphatic heterocycles. The minimum Gasteiger partial charge on any atom is -0.381 e. The lowest BCUT2D eigenvalue weighted by atomic mass is 10.1. The van der Waals surface area contributed by atoms with Crippen molar-refractivity contribution in [2.24, 2.45) is 5.73 Å². The second kappa shape index (κ2) is 5.28. The molecule has 0 atom stereocenters. The topological polar surface area (TPSA) is 83.8 Å². The van der Waals surface area contributed by atoms with Crippen molar-refractivity contribution in [1.29, 1.82) is 0 Å². The van der Waals surface area contributed by atoms with Crippen molar-refractivity contribution in [2.45, 2.75) is 13.5 Å². The highest BCUT2D eigenvalue weighted by Gasteiger charge is 2.06. The largest absolute Gasteiger partial charge is 0.381 e. The number of aryl methyl sites for hydroxylation is 1. The van der Waals surface area contributed by atoms with Crippen LogP contribution in [0.1, 0.15) is 21.5 Å². The van der Waals surface area contributed by atoms with Crippen LogP contribution < -0.4 is 11.1 Å². The van der Waals surface area contributed by atoms with Crippen LogP contribution in [0.3, 0.4) is 0 Å². The highest BCUT2D eigenvalue weighted by molar-refractivity contribution is 5.93. The number of anilines is 1. The zero-order valence-corrected chi connectivity index (χ0v) is 11.7. The number of primary amides is 1. The number of carbonyl (C=O) groups is 1. The number of aromatic nitrogens is 2. The average molecular weight is 280 g/mol. The van der Waals surface area contributed by atoms with Crippen molar-refractivity contribution in [1.82, 2.24) is 9.97 Å². The zero-order valence-electron chi connectivity index (χ0n) is 11.7. The van der Waals surface area contributed by atoms with Crippen LogP contribution >= 0.6 is 0 Å². The fourth-order valence-corrected chi connectivity index (χ4v) is 2.36. The summed E-state index contributed by atoms with van der Waals surface area (Å²) < 4.78 is 0. The number of nitrogens with zero attached hydrogens (tertiary/aromatic N) is 1. The highest BCUT2D eigenvalue weighted by atomic mass is 16.1. The van der Waals surface area contributed by atoms with Crippen LogP contribution in [0.5, 0.6) is 0 Å². The number of amides is 1. The molecule has 3 rings (SSSR count). The van der Waals surface area contributed by atoms with Crippen LogP contribution in [0, 0.1) is 6.92 Å². The van der Waals surface area contributed by atoms with Crippen molar-refractivity contribution in [2.75, 3.05) is 5.32 Å². The van der Waals surface area contributed by atoms with E-state index < -0.39 is 5.91 Å². The van der Waals surface area contributed by atoms with E-state index in [1.54, 1.807) is 18.3 Å². The Morgan fingerprint density at radius 1 is 1.38 bits per heavy atom. The predicted octanol–water partition coefficient (Wildman–Crippen LogP) is 2.58. The Hall–Kier alpha value is -2.82. The van der Waals surface area contributed by atoms with E-state index in [-0.39, 0.29) is 0 Å². The molecule has 0 saturated carbocycles. The maximum atomic E-state index is 11.1. The van der Waals surface area contributed by atoms with Gasteiger partial charge < -0.3 is 16.0 Å². The summed E-state index contributed by atoms with van der Waals surface area (Å²) >= 11 is 0. The van der Waals surface area contributed by atoms with Crippen LogP contribution in [-0.2, 0) is 6.54 Å². The molecule has 0 fully saturated rings. The van der Waals surface area contributed by atoms with Gasteiger partial charge in [0.2, 0.25) is 5.91 Å². The van der Waals surface area contributed by atoms with Crippen LogP contribution in [-0.4, -0.2) is 15.9 Å². The predicted molar refractivity (Wildman–Crippen MR) is 83.1 cm³/mol. The molecule has 5 nitrogen and oxygen atoms in total. The summed E-state index contributed by atoms with van der Waals surface area (Å²) in [5, 5.41) is 4.48. The molecule has 0 unspecified atom stereocenters. The van der Waals surface area contributed by atoms with Gasteiger partial charge in [-0.15, -0.1) is 0 Å². The van der Waals surface area contributed by atoms with Gasteiger partial charge in [-0.25, -0.2) is 4.98 Å². The molecule has 0 spiro atoms. The minimum absolute atomic E-state index is 0.410. The highest BCUT2D eigenvalue weighted by Crippen LogP contribution is 2.20. The lowest BCUT2D eigenvalue weighted by Gasteiger charge is -2.10. The number of benzene rings is 1. The Kier molecular flexibility index (Phi) is 3.31. The van der Waals surface area contributed by atoms with Crippen LogP contribution in [0.2, 0.25) is 0 Å². The molecular weight excluding hydrogens is 264 g/mol. The number of carbonyl (C=O) groups excluding carboxylic acids is 1. The lowest BCUT2D eigenvalue weighted by molar-refractivity contribution is 0.1000. The first-order chi connectivity index (χ1) is 10.1. The van der Waals surface area contributed by atoms with Crippen LogP contribution in [0.25, 0.3) is 11.0 Å². The van der Waals surface area contributed by atoms with Crippen molar-refractivity contribution >= 4 is 22.6 Å². The summed E-state index contributed by atoms with van der Waals surface area (Å²) in [6, 6.07) is 9.36. The number of aromatic amines is 1. The van der Waals surface area contributed by atoms with Gasteiger partial charge in [0, 0.05) is 35.6 Å². The Labute approximate surface area is 122 Å². The van der Waals surface area contributed by atoms with Crippen LogP contribution in [0.4, 0.5) is 5.69 Å². The number of hydrogen-bond donors (Lipinski definition) is 3. The number of pyridine rings is 1. The Morgan fingerprint density at radius 2 is 2.24 bits per heavy atom. The van der Waals surface area contributed by atoms with E-state index in [1.165, 1.54) is 0 Å². The number of nitrogens with one attached hydrogen (secondary N) is 2. The van der Waals surface area contributed by atoms with Gasteiger partial charge in [0.15, 0.2) is 0 Å². The first kappa shape index (κ1) is 13.2. The van der Waals surface area contributed by atoms with Gasteiger partial charge >= 0.3 is 0 Å². The van der Waals surface area contributed by atoms with E-state index in [4.69, 9.17) is 5.73 Å². The molecule has 0 aliphatic rings. The summed E-state index contributed by atoms with van der Waals surface area (Å²) in [6.07, 6.45) is 3.72. The molecule has 0 bridgehead atoms. The van der Waals surface area contributed by atoms with Gasteiger partial charge in [0.25, 0.3) is 0 Å². The van der Waals surface area contributed by atoms with Gasteiger partial charge in [-0.3, -0.25) is 4.79 Å². The quantitative estimate of drug-likeness (QED) is 0.686. The molecule has 3 aromatic rings. The standard InChI is InChI=1S/C16H16N4O/c1-10-7-11(15(17)21)4-5-14(10)19-8-12-9-20-16-13(12)3-2-6-18-16/h2-7,9,19H,8H2,1H3,(H2,17,21)(H,18,20). The first-order valence-corrected chi connectivity index (χ1v) is 6.70. The maximum absolute atomic E-state index is 11.1. The first-order valence-electron chi connectivity index (χ1n) is 6.70. The molecule has 1 amide bonds. The second-order valence-corrected chi connectivity index (χ2v) is 4.96. The minimum atomic E-state index is -0.410. The maximum Gasteiger partial charge on any atom is 0.248 e. The summed E-state index contributed by atoms with van der Waals surface area (Å²) in [6.45, 7) is 2.63. The molecule has 5 heteroatoms. The molecule has 2 aromatic heterocycles. The molecule has 106 valence electrons. The van der Waals surface area contributed by atoms with Crippen molar-refractivity contribution < 1.29 is 4.79 Å². The summed E-state index contributed by atoms with van der Waals surface area (Å²) in [4.78, 5) is 18.6. The molecular formula is C16H16N4O. The van der Waals surface area contributed by atoms with Crippen molar-refractivity contribution in [3.8, 4) is 0 Å². The van der Waals surface area contributed by atoms with Crippen molar-refractivity contribution in [3.63, 3.8) is 0 Å².